The highest BCUT2D eigenvalue weighted by Gasteiger charge is 2.28. The monoisotopic (exact) mass is 275 g/mol. The van der Waals surface area contributed by atoms with E-state index in [2.05, 4.69) is 43.4 Å². The van der Waals surface area contributed by atoms with E-state index < -0.39 is 0 Å². The van der Waals surface area contributed by atoms with Gasteiger partial charge in [-0.1, -0.05) is 38.5 Å². The molecule has 20 heavy (non-hydrogen) atoms. The van der Waals surface area contributed by atoms with Gasteiger partial charge < -0.3 is 10.1 Å². The van der Waals surface area contributed by atoms with Gasteiger partial charge >= 0.3 is 0 Å². The van der Waals surface area contributed by atoms with Crippen LogP contribution in [0.1, 0.15) is 45.1 Å². The summed E-state index contributed by atoms with van der Waals surface area (Å²) in [5, 5.41) is 3.78. The van der Waals surface area contributed by atoms with Gasteiger partial charge in [-0.05, 0) is 55.7 Å². The molecule has 0 aliphatic heterocycles. The predicted molar refractivity (Wildman–Crippen MR) is 85.3 cm³/mol. The molecule has 0 heterocycles. The summed E-state index contributed by atoms with van der Waals surface area (Å²) in [5.41, 5.74) is 1.34. The molecule has 2 nitrogen and oxygen atoms in total. The van der Waals surface area contributed by atoms with Crippen LogP contribution in [0, 0.1) is 11.8 Å². The van der Waals surface area contributed by atoms with Gasteiger partial charge in [-0.25, -0.2) is 0 Å². The van der Waals surface area contributed by atoms with Gasteiger partial charge in [0.25, 0.3) is 0 Å². The van der Waals surface area contributed by atoms with Crippen molar-refractivity contribution < 1.29 is 4.74 Å². The van der Waals surface area contributed by atoms with E-state index in [4.69, 9.17) is 4.74 Å². The van der Waals surface area contributed by atoms with Crippen LogP contribution in [0.25, 0.3) is 0 Å². The van der Waals surface area contributed by atoms with Crippen molar-refractivity contribution in [2.75, 3.05) is 13.7 Å². The van der Waals surface area contributed by atoms with E-state index in [1.54, 1.807) is 7.11 Å². The van der Waals surface area contributed by atoms with Crippen LogP contribution in [0.15, 0.2) is 24.3 Å². The lowest BCUT2D eigenvalue weighted by molar-refractivity contribution is 0.342. The number of benzene rings is 1. The van der Waals surface area contributed by atoms with Crippen LogP contribution >= 0.6 is 0 Å². The van der Waals surface area contributed by atoms with Crippen molar-refractivity contribution in [3.63, 3.8) is 0 Å². The van der Waals surface area contributed by atoms with Crippen molar-refractivity contribution in [3.05, 3.63) is 29.8 Å². The fourth-order valence-electron chi connectivity index (χ4n) is 3.46. The summed E-state index contributed by atoms with van der Waals surface area (Å²) in [6.07, 6.45) is 6.42. The van der Waals surface area contributed by atoms with Gasteiger partial charge in [0.15, 0.2) is 0 Å². The summed E-state index contributed by atoms with van der Waals surface area (Å²) in [5.74, 6) is 2.74. The molecule has 0 spiro atoms. The van der Waals surface area contributed by atoms with Crippen LogP contribution in [0.2, 0.25) is 0 Å². The molecule has 3 atom stereocenters. The van der Waals surface area contributed by atoms with Gasteiger partial charge in [0, 0.05) is 6.04 Å². The fraction of sp³-hybridized carbons (Fsp3) is 0.667. The van der Waals surface area contributed by atoms with E-state index in [0.717, 1.165) is 30.6 Å². The smallest absolute Gasteiger partial charge is 0.122 e. The minimum Gasteiger partial charge on any atom is -0.496 e. The van der Waals surface area contributed by atoms with E-state index in [1.165, 1.54) is 31.2 Å². The third kappa shape index (κ3) is 3.99. The standard InChI is InChI=1S/C18H29NO/c1-4-11-19-17(15-10-9-14(2)12-15)13-16-7-5-6-8-18(16)20-3/h5-8,14-15,17,19H,4,9-13H2,1-3H3. The second-order valence-corrected chi connectivity index (χ2v) is 6.25. The third-order valence-electron chi connectivity index (χ3n) is 4.59. The van der Waals surface area contributed by atoms with Gasteiger partial charge in [0.05, 0.1) is 7.11 Å². The Morgan fingerprint density at radius 3 is 2.75 bits per heavy atom. The van der Waals surface area contributed by atoms with E-state index >= 15 is 0 Å². The van der Waals surface area contributed by atoms with Gasteiger partial charge in [-0.15, -0.1) is 0 Å². The molecule has 112 valence electrons. The maximum atomic E-state index is 5.51. The zero-order chi connectivity index (χ0) is 14.4. The second-order valence-electron chi connectivity index (χ2n) is 6.25. The lowest BCUT2D eigenvalue weighted by Gasteiger charge is -2.26. The van der Waals surface area contributed by atoms with Crippen molar-refractivity contribution in [3.8, 4) is 5.75 Å². The predicted octanol–water partition coefficient (Wildman–Crippen LogP) is 4.04. The summed E-state index contributed by atoms with van der Waals surface area (Å²) < 4.78 is 5.51. The Bertz CT molecular complexity index is 404. The Kier molecular flexibility index (Phi) is 5.90. The molecule has 0 aromatic heterocycles. The van der Waals surface area contributed by atoms with Gasteiger partial charge in [0.2, 0.25) is 0 Å². The molecule has 1 N–H and O–H groups in total. The number of hydrogen-bond donors (Lipinski definition) is 1. The Balaban J connectivity index is 2.06. The SMILES string of the molecule is CCCNC(Cc1ccccc1OC)C1CCC(C)C1. The van der Waals surface area contributed by atoms with Crippen molar-refractivity contribution in [2.24, 2.45) is 11.8 Å². The number of methoxy groups -OCH3 is 1. The molecule has 0 amide bonds. The van der Waals surface area contributed by atoms with Crippen LogP contribution < -0.4 is 10.1 Å². The number of rotatable bonds is 7. The highest BCUT2D eigenvalue weighted by molar-refractivity contribution is 5.34. The van der Waals surface area contributed by atoms with E-state index in [-0.39, 0.29) is 0 Å². The summed E-state index contributed by atoms with van der Waals surface area (Å²) in [4.78, 5) is 0. The Morgan fingerprint density at radius 2 is 2.10 bits per heavy atom. The summed E-state index contributed by atoms with van der Waals surface area (Å²) in [6, 6.07) is 9.04. The molecule has 1 fully saturated rings. The molecule has 0 radical (unpaired) electrons. The maximum absolute atomic E-state index is 5.51. The van der Waals surface area contributed by atoms with Gasteiger partial charge in [-0.2, -0.15) is 0 Å². The molecule has 2 rings (SSSR count). The average Bonchev–Trinajstić information content (AvgIpc) is 2.90. The van der Waals surface area contributed by atoms with Gasteiger partial charge in [-0.3, -0.25) is 0 Å². The molecule has 1 aliphatic carbocycles. The fourth-order valence-corrected chi connectivity index (χ4v) is 3.46. The average molecular weight is 275 g/mol. The topological polar surface area (TPSA) is 21.3 Å². The molecule has 0 saturated heterocycles. The highest BCUT2D eigenvalue weighted by atomic mass is 16.5. The maximum Gasteiger partial charge on any atom is 0.122 e. The summed E-state index contributed by atoms with van der Waals surface area (Å²) >= 11 is 0. The molecular weight excluding hydrogens is 246 g/mol. The van der Waals surface area contributed by atoms with Crippen molar-refractivity contribution in [1.82, 2.24) is 5.32 Å². The lowest BCUT2D eigenvalue weighted by Crippen LogP contribution is -2.37. The Hall–Kier alpha value is -1.02. The first-order valence-electron chi connectivity index (χ1n) is 8.09. The van der Waals surface area contributed by atoms with E-state index in [0.29, 0.717) is 6.04 Å². The second kappa shape index (κ2) is 7.68. The molecular formula is C18H29NO. The van der Waals surface area contributed by atoms with Crippen LogP contribution in [-0.4, -0.2) is 19.7 Å². The van der Waals surface area contributed by atoms with Crippen LogP contribution in [-0.2, 0) is 6.42 Å². The summed E-state index contributed by atoms with van der Waals surface area (Å²) in [6.45, 7) is 5.75. The summed E-state index contributed by atoms with van der Waals surface area (Å²) in [7, 11) is 1.77. The molecule has 2 heteroatoms. The Labute approximate surface area is 123 Å². The molecule has 1 aromatic rings. The largest absolute Gasteiger partial charge is 0.496 e. The van der Waals surface area contributed by atoms with E-state index in [9.17, 15) is 0 Å². The minimum atomic E-state index is 0.594. The lowest BCUT2D eigenvalue weighted by atomic mass is 9.91. The van der Waals surface area contributed by atoms with Crippen molar-refractivity contribution in [1.29, 1.82) is 0 Å². The Morgan fingerprint density at radius 1 is 1.30 bits per heavy atom. The molecule has 1 aromatic carbocycles. The quantitative estimate of drug-likeness (QED) is 0.811. The molecule has 1 aliphatic rings. The van der Waals surface area contributed by atoms with Crippen LogP contribution in [0.3, 0.4) is 0 Å². The first-order valence-corrected chi connectivity index (χ1v) is 8.09. The van der Waals surface area contributed by atoms with Crippen molar-refractivity contribution >= 4 is 0 Å². The zero-order valence-corrected chi connectivity index (χ0v) is 13.2. The molecule has 1 saturated carbocycles. The number of para-hydroxylation sites is 1. The van der Waals surface area contributed by atoms with Gasteiger partial charge in [0.1, 0.15) is 5.75 Å². The van der Waals surface area contributed by atoms with Crippen LogP contribution in [0.4, 0.5) is 0 Å². The normalized spacial score (nSPS) is 23.8. The number of ether oxygens (including phenoxy) is 1. The first kappa shape index (κ1) is 15.4. The zero-order valence-electron chi connectivity index (χ0n) is 13.2. The first-order chi connectivity index (χ1) is 9.74. The number of hydrogen-bond acceptors (Lipinski definition) is 2. The minimum absolute atomic E-state index is 0.594. The van der Waals surface area contributed by atoms with Crippen LogP contribution in [0.5, 0.6) is 5.75 Å². The highest BCUT2D eigenvalue weighted by Crippen LogP contribution is 2.34. The molecule has 3 unspecified atom stereocenters. The number of nitrogens with one attached hydrogen (secondary N) is 1. The van der Waals surface area contributed by atoms with E-state index in [1.807, 2.05) is 0 Å². The van der Waals surface area contributed by atoms with Crippen molar-refractivity contribution in [2.45, 2.75) is 52.0 Å². The third-order valence-corrected chi connectivity index (χ3v) is 4.59. The molecule has 0 bridgehead atoms.